The summed E-state index contributed by atoms with van der Waals surface area (Å²) in [6.45, 7) is 19.6. The largest absolute Gasteiger partial charge is 0.465 e. The number of carbonyl (C=O) groups excluding carboxylic acids is 4. The number of fused-ring (bicyclic) bond motifs is 3. The lowest BCUT2D eigenvalue weighted by atomic mass is 9.80. The quantitative estimate of drug-likeness (QED) is 0.0196. The van der Waals surface area contributed by atoms with Crippen LogP contribution in [0.25, 0.3) is 0 Å². The van der Waals surface area contributed by atoms with E-state index in [1.807, 2.05) is 51.2 Å². The summed E-state index contributed by atoms with van der Waals surface area (Å²) in [5.41, 5.74) is 8.16. The van der Waals surface area contributed by atoms with Gasteiger partial charge < -0.3 is 93.2 Å². The Morgan fingerprint density at radius 3 is 1.93 bits per heavy atom. The van der Waals surface area contributed by atoms with E-state index in [9.17, 15) is 39.6 Å². The number of ether oxygens (including phenoxy) is 12. The highest BCUT2D eigenvalue weighted by atomic mass is 32.1. The molecule has 16 atom stereocenters. The zero-order valence-electron chi connectivity index (χ0n) is 55.2. The SMILES string of the molecule is CCOCCOCCOCCOCCOCCOCCOCCNC(=S)O[C@@H]1CC[C@@H](C[C@@H](N)[C@@H]2C[C@@H](O)[C@H](C)/C=C(\C)[C@@H](O)[C@@H](O)C(=O)[C@H](C)C[C@H](C)/C=C/C=C/C=C(\C)[C@@H](OC)C[C@@H]3CC[C@@H](C)[C@@](O)(O3)C(=O)C(=O)N3CCCC[C@H]3C(=O)O2)C[C@H]1OC. The second-order valence-electron chi connectivity index (χ2n) is 24.4. The standard InChI is InChI=1S/C66H111N3O20S/c1-10-80-26-27-82-30-31-84-34-35-86-37-36-85-33-32-83-29-28-81-25-23-68-65(90)88-55-22-20-50(41-58(55)79-9)40-52(67)57-43-54(70)46(4)39-48(6)60(72)61(73)59(71)47(5)38-44(2)16-12-11-13-17-45(3)56(78-8)42-51-21-19-49(7)66(77,89-51)62(74)63(75)69-24-15-14-18-53(69)64(76)87-57/h11-13,16-17,39,44,46-47,49-58,60-61,70,72-73,77H,10,14-15,18-38,40-43,67H2,1-9H3,(H,68,90)/b13-11+,16-12+,45-17+,48-39+/t44-,46-,47-,49-,50+,51+,52-,53+,54-,55-,56+,57+,58-,60-,61+,66-/m1/s1. The van der Waals surface area contributed by atoms with E-state index in [0.717, 1.165) is 10.5 Å². The Hall–Kier alpha value is -3.67. The molecule has 3 aliphatic heterocycles. The number of ketones is 2. The van der Waals surface area contributed by atoms with Gasteiger partial charge >= 0.3 is 5.97 Å². The lowest BCUT2D eigenvalue weighted by Crippen LogP contribution is -2.61. The predicted molar refractivity (Wildman–Crippen MR) is 341 cm³/mol. The lowest BCUT2D eigenvalue weighted by molar-refractivity contribution is -0.265. The molecule has 516 valence electrons. The number of allylic oxidation sites excluding steroid dienone is 5. The fraction of sp³-hybridized carbons (Fsp3) is 0.803. The first-order valence-electron chi connectivity index (χ1n) is 32.7. The molecule has 0 aromatic rings. The number of Topliss-reactive ketones (excluding diaryl/α,β-unsaturated/α-hetero) is 2. The van der Waals surface area contributed by atoms with Crippen molar-refractivity contribution in [1.29, 1.82) is 0 Å². The van der Waals surface area contributed by atoms with Gasteiger partial charge in [-0.25, -0.2) is 4.79 Å². The van der Waals surface area contributed by atoms with Gasteiger partial charge in [0.05, 0.1) is 110 Å². The van der Waals surface area contributed by atoms with Crippen LogP contribution in [-0.4, -0.2) is 240 Å². The predicted octanol–water partition coefficient (Wildman–Crippen LogP) is 5.04. The summed E-state index contributed by atoms with van der Waals surface area (Å²) in [5.74, 6) is -8.19. The molecule has 90 heavy (non-hydrogen) atoms. The number of nitrogens with two attached hydrogens (primary N) is 1. The van der Waals surface area contributed by atoms with Crippen LogP contribution in [0.3, 0.4) is 0 Å². The first-order chi connectivity index (χ1) is 43.1. The topological polar surface area (TPSA) is 301 Å². The van der Waals surface area contributed by atoms with Crippen LogP contribution in [0.4, 0.5) is 0 Å². The van der Waals surface area contributed by atoms with Gasteiger partial charge in [0.2, 0.25) is 5.79 Å². The summed E-state index contributed by atoms with van der Waals surface area (Å²) in [6.07, 6.45) is 8.16. The van der Waals surface area contributed by atoms with E-state index in [-0.39, 0.29) is 60.6 Å². The third-order valence-electron chi connectivity index (χ3n) is 17.4. The van der Waals surface area contributed by atoms with Gasteiger partial charge in [0.15, 0.2) is 5.78 Å². The number of carbonyl (C=O) groups is 4. The third-order valence-corrected chi connectivity index (χ3v) is 17.6. The molecule has 0 radical (unpaired) electrons. The number of thiocarbonyl (C=S) groups is 1. The van der Waals surface area contributed by atoms with E-state index in [1.165, 1.54) is 0 Å². The second-order valence-corrected chi connectivity index (χ2v) is 24.8. The van der Waals surface area contributed by atoms with Crippen molar-refractivity contribution in [2.75, 3.05) is 120 Å². The number of aliphatic hydroxyl groups is 4. The number of esters is 1. The molecule has 0 aromatic carbocycles. The first-order valence-corrected chi connectivity index (χ1v) is 33.1. The molecule has 2 bridgehead atoms. The van der Waals surface area contributed by atoms with E-state index in [1.54, 1.807) is 48.0 Å². The molecule has 0 aromatic heterocycles. The number of piperidine rings is 1. The van der Waals surface area contributed by atoms with Crippen LogP contribution in [0.5, 0.6) is 0 Å². The van der Waals surface area contributed by atoms with E-state index in [0.29, 0.717) is 157 Å². The van der Waals surface area contributed by atoms with Crippen molar-refractivity contribution in [2.24, 2.45) is 35.3 Å². The minimum Gasteiger partial charge on any atom is -0.465 e. The molecule has 4 rings (SSSR count). The average molecular weight is 1300 g/mol. The maximum atomic E-state index is 14.6. The minimum atomic E-state index is -2.47. The van der Waals surface area contributed by atoms with Crippen LogP contribution in [0.2, 0.25) is 0 Å². The summed E-state index contributed by atoms with van der Waals surface area (Å²) < 4.78 is 68.9. The molecular formula is C66H111N3O20S. The van der Waals surface area contributed by atoms with Gasteiger partial charge in [-0.3, -0.25) is 14.4 Å². The lowest BCUT2D eigenvalue weighted by Gasteiger charge is -2.43. The molecule has 2 saturated heterocycles. The van der Waals surface area contributed by atoms with Crippen LogP contribution >= 0.6 is 12.2 Å². The second kappa shape index (κ2) is 43.3. The van der Waals surface area contributed by atoms with E-state index in [4.69, 9.17) is 74.8 Å². The van der Waals surface area contributed by atoms with E-state index in [2.05, 4.69) is 5.32 Å². The minimum absolute atomic E-state index is 0.0408. The van der Waals surface area contributed by atoms with Crippen LogP contribution < -0.4 is 11.1 Å². The number of nitrogens with zero attached hydrogens (tertiary/aromatic N) is 1. The van der Waals surface area contributed by atoms with Crippen molar-refractivity contribution in [2.45, 2.75) is 192 Å². The molecule has 1 aliphatic carbocycles. The first kappa shape index (κ1) is 78.8. The Bertz CT molecular complexity index is 2240. The maximum Gasteiger partial charge on any atom is 0.329 e. The van der Waals surface area contributed by atoms with Crippen molar-refractivity contribution in [1.82, 2.24) is 10.2 Å². The van der Waals surface area contributed by atoms with Crippen LogP contribution in [-0.2, 0) is 76.0 Å². The molecule has 0 spiro atoms. The number of amides is 1. The highest BCUT2D eigenvalue weighted by Gasteiger charge is 2.53. The summed E-state index contributed by atoms with van der Waals surface area (Å²) in [6, 6.07) is -2.06. The van der Waals surface area contributed by atoms with Gasteiger partial charge in [0.1, 0.15) is 30.5 Å². The Labute approximate surface area is 540 Å². The number of methoxy groups -OCH3 is 2. The molecule has 1 amide bonds. The normalized spacial score (nSPS) is 33.2. The Morgan fingerprint density at radius 2 is 1.33 bits per heavy atom. The molecule has 3 fully saturated rings. The zero-order valence-corrected chi connectivity index (χ0v) is 56.0. The highest BCUT2D eigenvalue weighted by Crippen LogP contribution is 2.38. The van der Waals surface area contributed by atoms with Gasteiger partial charge in [-0.15, -0.1) is 0 Å². The molecular weight excluding hydrogens is 1190 g/mol. The monoisotopic (exact) mass is 1300 g/mol. The van der Waals surface area contributed by atoms with E-state index >= 15 is 0 Å². The summed E-state index contributed by atoms with van der Waals surface area (Å²) in [4.78, 5) is 58.1. The smallest absolute Gasteiger partial charge is 0.329 e. The van der Waals surface area contributed by atoms with Gasteiger partial charge in [-0.2, -0.15) is 0 Å². The van der Waals surface area contributed by atoms with Gasteiger partial charge in [0, 0.05) is 70.6 Å². The van der Waals surface area contributed by atoms with Crippen molar-refractivity contribution >= 4 is 40.8 Å². The van der Waals surface area contributed by atoms with Crippen molar-refractivity contribution < 1.29 is 96.4 Å². The number of aliphatic hydroxyl groups excluding tert-OH is 3. The number of hydrogen-bond acceptors (Lipinski definition) is 22. The molecule has 0 unspecified atom stereocenters. The molecule has 7 N–H and O–H groups in total. The zero-order chi connectivity index (χ0) is 66.0. The maximum absolute atomic E-state index is 14.6. The van der Waals surface area contributed by atoms with Gasteiger partial charge in [-0.1, -0.05) is 64.2 Å². The van der Waals surface area contributed by atoms with E-state index < -0.39 is 95.7 Å². The third kappa shape index (κ3) is 27.3. The van der Waals surface area contributed by atoms with Crippen LogP contribution in [0, 0.1) is 29.6 Å². The fourth-order valence-corrected chi connectivity index (χ4v) is 12.0. The average Bonchev–Trinajstić information content (AvgIpc) is 0.874. The molecule has 3 heterocycles. The number of nitrogens with one attached hydrogen (secondary N) is 1. The summed E-state index contributed by atoms with van der Waals surface area (Å²) >= 11 is 5.55. The highest BCUT2D eigenvalue weighted by molar-refractivity contribution is 7.80. The Kier molecular flexibility index (Phi) is 37.9. The van der Waals surface area contributed by atoms with Crippen LogP contribution in [0.15, 0.2) is 47.6 Å². The number of cyclic esters (lactones) is 1. The van der Waals surface area contributed by atoms with Crippen molar-refractivity contribution in [3.05, 3.63) is 47.6 Å². The molecule has 24 heteroatoms. The number of hydrogen-bond donors (Lipinski definition) is 6. The Morgan fingerprint density at radius 1 is 0.722 bits per heavy atom. The fourth-order valence-electron chi connectivity index (χ4n) is 11.8. The molecule has 4 aliphatic rings. The van der Waals surface area contributed by atoms with Gasteiger partial charge in [-0.05, 0) is 120 Å². The van der Waals surface area contributed by atoms with Gasteiger partial charge in [0.25, 0.3) is 16.9 Å². The van der Waals surface area contributed by atoms with Crippen molar-refractivity contribution in [3.8, 4) is 0 Å². The van der Waals surface area contributed by atoms with Crippen LogP contribution in [0.1, 0.15) is 126 Å². The molecule has 23 nitrogen and oxygen atoms in total. The number of rotatable bonds is 28. The Balaban J connectivity index is 1.37. The van der Waals surface area contributed by atoms with Crippen molar-refractivity contribution in [3.63, 3.8) is 0 Å². The summed E-state index contributed by atoms with van der Waals surface area (Å²) in [5, 5.41) is 49.7. The summed E-state index contributed by atoms with van der Waals surface area (Å²) in [7, 11) is 3.16. The molecule has 1 saturated carbocycles.